The van der Waals surface area contributed by atoms with E-state index in [1.807, 2.05) is 13.8 Å². The lowest BCUT2D eigenvalue weighted by molar-refractivity contribution is -0.130. The maximum Gasteiger partial charge on any atom is 0.250 e. The average molecular weight is 369 g/mol. The van der Waals surface area contributed by atoms with Gasteiger partial charge in [-0.1, -0.05) is 0 Å². The number of hydrogen-bond donors (Lipinski definition) is 1. The number of sulfonamides is 1. The summed E-state index contributed by atoms with van der Waals surface area (Å²) >= 11 is 4.36. The van der Waals surface area contributed by atoms with Gasteiger partial charge < -0.3 is 4.90 Å². The first-order valence-corrected chi connectivity index (χ1v) is 9.02. The number of rotatable bonds is 7. The summed E-state index contributed by atoms with van der Waals surface area (Å²) < 4.78 is 27.2. The van der Waals surface area contributed by atoms with Crippen LogP contribution in [0.2, 0.25) is 0 Å². The SMILES string of the molecule is CCN(CC)C(=O)CCNS(=O)(=O)c1ccc(Br)s1. The first kappa shape index (κ1) is 16.6. The summed E-state index contributed by atoms with van der Waals surface area (Å²) in [5, 5.41) is 0. The predicted octanol–water partition coefficient (Wildman–Crippen LogP) is 2.05. The van der Waals surface area contributed by atoms with Gasteiger partial charge in [0.1, 0.15) is 4.21 Å². The Morgan fingerprint density at radius 3 is 2.47 bits per heavy atom. The topological polar surface area (TPSA) is 66.5 Å². The van der Waals surface area contributed by atoms with Crippen LogP contribution < -0.4 is 4.72 Å². The molecule has 0 atom stereocenters. The first-order chi connectivity index (χ1) is 8.90. The average Bonchev–Trinajstić information content (AvgIpc) is 2.78. The Morgan fingerprint density at radius 2 is 2.00 bits per heavy atom. The van der Waals surface area contributed by atoms with Crippen molar-refractivity contribution >= 4 is 43.2 Å². The van der Waals surface area contributed by atoms with Crippen LogP contribution in [0.25, 0.3) is 0 Å². The minimum atomic E-state index is -3.51. The van der Waals surface area contributed by atoms with Crippen LogP contribution in [0.15, 0.2) is 20.1 Å². The summed E-state index contributed by atoms with van der Waals surface area (Å²) in [6, 6.07) is 3.21. The molecular weight excluding hydrogens is 352 g/mol. The quantitative estimate of drug-likeness (QED) is 0.800. The number of carbonyl (C=O) groups excluding carboxylic acids is 1. The smallest absolute Gasteiger partial charge is 0.250 e. The van der Waals surface area contributed by atoms with Crippen LogP contribution in [-0.4, -0.2) is 38.9 Å². The van der Waals surface area contributed by atoms with Crippen LogP contribution in [-0.2, 0) is 14.8 Å². The lowest BCUT2D eigenvalue weighted by Gasteiger charge is -2.18. The summed E-state index contributed by atoms with van der Waals surface area (Å²) in [5.74, 6) is -0.0416. The van der Waals surface area contributed by atoms with Crippen molar-refractivity contribution in [3.8, 4) is 0 Å². The summed E-state index contributed by atoms with van der Waals surface area (Å²) in [7, 11) is -3.51. The molecule has 108 valence electrons. The van der Waals surface area contributed by atoms with Crippen molar-refractivity contribution in [2.75, 3.05) is 19.6 Å². The van der Waals surface area contributed by atoms with Crippen molar-refractivity contribution in [3.63, 3.8) is 0 Å². The van der Waals surface area contributed by atoms with Crippen LogP contribution in [0.1, 0.15) is 20.3 Å². The molecule has 8 heteroatoms. The van der Waals surface area contributed by atoms with Crippen molar-refractivity contribution in [2.45, 2.75) is 24.5 Å². The molecular formula is C11H17BrN2O3S2. The molecule has 1 amide bonds. The van der Waals surface area contributed by atoms with Gasteiger partial charge in [0.2, 0.25) is 15.9 Å². The molecule has 0 aliphatic heterocycles. The van der Waals surface area contributed by atoms with Gasteiger partial charge in [-0.25, -0.2) is 13.1 Å². The molecule has 0 radical (unpaired) electrons. The van der Waals surface area contributed by atoms with Crippen LogP contribution in [0.5, 0.6) is 0 Å². The lowest BCUT2D eigenvalue weighted by Crippen LogP contribution is -2.34. The van der Waals surface area contributed by atoms with E-state index < -0.39 is 10.0 Å². The number of nitrogens with one attached hydrogen (secondary N) is 1. The maximum atomic E-state index is 11.9. The standard InChI is InChI=1S/C11H17BrN2O3S2/c1-3-14(4-2)10(15)7-8-13-19(16,17)11-6-5-9(12)18-11/h5-6,13H,3-4,7-8H2,1-2H3. The maximum absolute atomic E-state index is 11.9. The molecule has 1 rings (SSSR count). The van der Waals surface area contributed by atoms with Crippen molar-refractivity contribution in [3.05, 3.63) is 15.9 Å². The second-order valence-electron chi connectivity index (χ2n) is 3.77. The Labute approximate surface area is 126 Å². The number of hydrogen-bond acceptors (Lipinski definition) is 4. The van der Waals surface area contributed by atoms with Gasteiger partial charge in [-0.3, -0.25) is 4.79 Å². The molecule has 0 saturated carbocycles. The summed E-state index contributed by atoms with van der Waals surface area (Å²) in [4.78, 5) is 13.4. The number of nitrogens with zero attached hydrogens (tertiary/aromatic N) is 1. The van der Waals surface area contributed by atoms with Gasteiger partial charge in [-0.05, 0) is 41.9 Å². The highest BCUT2D eigenvalue weighted by molar-refractivity contribution is 9.11. The highest BCUT2D eigenvalue weighted by Crippen LogP contribution is 2.25. The van der Waals surface area contributed by atoms with Gasteiger partial charge in [0.25, 0.3) is 0 Å². The molecule has 0 aromatic carbocycles. The van der Waals surface area contributed by atoms with Crippen LogP contribution in [0.4, 0.5) is 0 Å². The molecule has 1 aromatic rings. The van der Waals surface area contributed by atoms with Gasteiger partial charge in [-0.15, -0.1) is 11.3 Å². The Balaban J connectivity index is 2.51. The van der Waals surface area contributed by atoms with Crippen LogP contribution in [0.3, 0.4) is 0 Å². The van der Waals surface area contributed by atoms with Gasteiger partial charge in [0.15, 0.2) is 0 Å². The zero-order valence-electron chi connectivity index (χ0n) is 10.8. The summed E-state index contributed by atoms with van der Waals surface area (Å²) in [5.41, 5.74) is 0. The Morgan fingerprint density at radius 1 is 1.37 bits per heavy atom. The minimum Gasteiger partial charge on any atom is -0.343 e. The van der Waals surface area contributed by atoms with E-state index in [2.05, 4.69) is 20.7 Å². The molecule has 0 aliphatic carbocycles. The van der Waals surface area contributed by atoms with Gasteiger partial charge in [0.05, 0.1) is 3.79 Å². The van der Waals surface area contributed by atoms with Crippen molar-refractivity contribution in [1.29, 1.82) is 0 Å². The largest absolute Gasteiger partial charge is 0.343 e. The van der Waals surface area contributed by atoms with E-state index in [9.17, 15) is 13.2 Å². The lowest BCUT2D eigenvalue weighted by atomic mass is 10.3. The van der Waals surface area contributed by atoms with E-state index in [1.54, 1.807) is 11.0 Å². The molecule has 0 saturated heterocycles. The highest BCUT2D eigenvalue weighted by atomic mass is 79.9. The fraction of sp³-hybridized carbons (Fsp3) is 0.545. The molecule has 0 aliphatic rings. The Kier molecular flexibility index (Phi) is 6.45. The Bertz CT molecular complexity index is 524. The van der Waals surface area contributed by atoms with Crippen LogP contribution >= 0.6 is 27.3 Å². The first-order valence-electron chi connectivity index (χ1n) is 5.93. The molecule has 0 spiro atoms. The normalized spacial score (nSPS) is 11.5. The third-order valence-electron chi connectivity index (χ3n) is 2.56. The van der Waals surface area contributed by atoms with Gasteiger partial charge in [-0.2, -0.15) is 0 Å². The second-order valence-corrected chi connectivity index (χ2v) is 8.23. The van der Waals surface area contributed by atoms with E-state index in [0.29, 0.717) is 13.1 Å². The second kappa shape index (κ2) is 7.37. The van der Waals surface area contributed by atoms with E-state index in [4.69, 9.17) is 0 Å². The van der Waals surface area contributed by atoms with Crippen molar-refractivity contribution in [1.82, 2.24) is 9.62 Å². The predicted molar refractivity (Wildman–Crippen MR) is 79.8 cm³/mol. The molecule has 1 aromatic heterocycles. The summed E-state index contributed by atoms with van der Waals surface area (Å²) in [6.45, 7) is 5.19. The van der Waals surface area contributed by atoms with Crippen molar-refractivity contribution in [2.24, 2.45) is 0 Å². The number of halogens is 1. The Hall–Kier alpha value is -0.440. The molecule has 0 fully saturated rings. The fourth-order valence-corrected chi connectivity index (χ4v) is 4.63. The monoisotopic (exact) mass is 368 g/mol. The van der Waals surface area contributed by atoms with Crippen LogP contribution in [0, 0.1) is 0 Å². The zero-order chi connectivity index (χ0) is 14.5. The number of thiophene rings is 1. The highest BCUT2D eigenvalue weighted by Gasteiger charge is 2.17. The molecule has 0 unspecified atom stereocenters. The third-order valence-corrected chi connectivity index (χ3v) is 6.14. The van der Waals surface area contributed by atoms with E-state index in [0.717, 1.165) is 15.1 Å². The van der Waals surface area contributed by atoms with Gasteiger partial charge in [0, 0.05) is 26.1 Å². The number of amides is 1. The van der Waals surface area contributed by atoms with E-state index in [-0.39, 0.29) is 23.1 Å². The number of carbonyl (C=O) groups is 1. The van der Waals surface area contributed by atoms with E-state index >= 15 is 0 Å². The molecule has 1 heterocycles. The molecule has 0 bridgehead atoms. The van der Waals surface area contributed by atoms with Gasteiger partial charge >= 0.3 is 0 Å². The summed E-state index contributed by atoms with van der Waals surface area (Å²) in [6.07, 6.45) is 0.174. The minimum absolute atomic E-state index is 0.0416. The zero-order valence-corrected chi connectivity index (χ0v) is 14.1. The molecule has 1 N–H and O–H groups in total. The molecule has 19 heavy (non-hydrogen) atoms. The van der Waals surface area contributed by atoms with E-state index in [1.165, 1.54) is 6.07 Å². The van der Waals surface area contributed by atoms with Crippen molar-refractivity contribution < 1.29 is 13.2 Å². The fourth-order valence-electron chi connectivity index (χ4n) is 1.54. The molecule has 5 nitrogen and oxygen atoms in total. The third kappa shape index (κ3) is 4.87.